The van der Waals surface area contributed by atoms with Gasteiger partial charge in [0.2, 0.25) is 11.9 Å². The maximum atomic E-state index is 13.6. The number of imidazole rings is 1. The van der Waals surface area contributed by atoms with Gasteiger partial charge in [-0.2, -0.15) is 0 Å². The van der Waals surface area contributed by atoms with Crippen molar-refractivity contribution in [3.63, 3.8) is 0 Å². The highest BCUT2D eigenvalue weighted by Gasteiger charge is 2.13. The second-order valence-corrected chi connectivity index (χ2v) is 4.93. The molecule has 0 radical (unpaired) electrons. The number of amides is 1. The fourth-order valence-electron chi connectivity index (χ4n) is 2.05. The maximum Gasteiger partial charge on any atom is 0.231 e. The summed E-state index contributed by atoms with van der Waals surface area (Å²) in [5, 5.41) is 2.83. The van der Waals surface area contributed by atoms with Gasteiger partial charge in [-0.05, 0) is 24.3 Å². The van der Waals surface area contributed by atoms with Gasteiger partial charge in [0.05, 0.1) is 17.5 Å². The SMILES string of the molecule is O=C(Cc1c(F)cccc1Cl)Nc1nc2ccccc2[nH]1. The molecule has 1 amide bonds. The zero-order valence-electron chi connectivity index (χ0n) is 10.9. The number of halogens is 2. The molecule has 1 heterocycles. The van der Waals surface area contributed by atoms with E-state index >= 15 is 0 Å². The van der Waals surface area contributed by atoms with E-state index in [1.54, 1.807) is 6.07 Å². The van der Waals surface area contributed by atoms with E-state index in [9.17, 15) is 9.18 Å². The Labute approximate surface area is 125 Å². The number of aromatic amines is 1. The van der Waals surface area contributed by atoms with Gasteiger partial charge in [-0.3, -0.25) is 10.1 Å². The van der Waals surface area contributed by atoms with Crippen LogP contribution in [0, 0.1) is 5.82 Å². The molecular formula is C15H11ClFN3O. The monoisotopic (exact) mass is 303 g/mol. The molecule has 0 bridgehead atoms. The average Bonchev–Trinajstić information content (AvgIpc) is 2.85. The lowest BCUT2D eigenvalue weighted by Crippen LogP contribution is -2.16. The molecule has 0 fully saturated rings. The molecule has 1 aromatic heterocycles. The van der Waals surface area contributed by atoms with Gasteiger partial charge in [-0.25, -0.2) is 9.37 Å². The number of nitrogens with zero attached hydrogens (tertiary/aromatic N) is 1. The Kier molecular flexibility index (Phi) is 3.58. The van der Waals surface area contributed by atoms with Crippen LogP contribution in [-0.4, -0.2) is 15.9 Å². The summed E-state index contributed by atoms with van der Waals surface area (Å²) in [5.74, 6) is -0.558. The van der Waals surface area contributed by atoms with Gasteiger partial charge in [0.15, 0.2) is 0 Å². The van der Waals surface area contributed by atoms with E-state index in [0.29, 0.717) is 5.95 Å². The summed E-state index contributed by atoms with van der Waals surface area (Å²) >= 11 is 5.90. The predicted molar refractivity (Wildman–Crippen MR) is 79.8 cm³/mol. The lowest BCUT2D eigenvalue weighted by atomic mass is 10.1. The number of H-pyrrole nitrogens is 1. The van der Waals surface area contributed by atoms with Crippen LogP contribution in [-0.2, 0) is 11.2 Å². The van der Waals surface area contributed by atoms with E-state index in [-0.39, 0.29) is 22.9 Å². The molecule has 2 aromatic carbocycles. The van der Waals surface area contributed by atoms with Crippen LogP contribution in [0.2, 0.25) is 5.02 Å². The third-order valence-electron chi connectivity index (χ3n) is 3.05. The topological polar surface area (TPSA) is 57.8 Å². The standard InChI is InChI=1S/C15H11ClFN3O/c16-10-4-3-5-11(17)9(10)8-14(21)20-15-18-12-6-1-2-7-13(12)19-15/h1-7H,8H2,(H2,18,19,20,21). The number of carbonyl (C=O) groups excluding carboxylic acids is 1. The minimum absolute atomic E-state index is 0.150. The normalized spacial score (nSPS) is 10.8. The zero-order valence-corrected chi connectivity index (χ0v) is 11.6. The van der Waals surface area contributed by atoms with Gasteiger partial charge < -0.3 is 4.98 Å². The van der Waals surface area contributed by atoms with E-state index in [1.165, 1.54) is 12.1 Å². The molecule has 6 heteroatoms. The van der Waals surface area contributed by atoms with Crippen molar-refractivity contribution in [1.82, 2.24) is 9.97 Å². The lowest BCUT2D eigenvalue weighted by Gasteiger charge is -2.05. The largest absolute Gasteiger partial charge is 0.324 e. The third kappa shape index (κ3) is 2.87. The molecular weight excluding hydrogens is 293 g/mol. The molecule has 3 aromatic rings. The molecule has 0 saturated heterocycles. The molecule has 0 saturated carbocycles. The van der Waals surface area contributed by atoms with Crippen molar-refractivity contribution in [3.05, 3.63) is 58.9 Å². The van der Waals surface area contributed by atoms with Crippen molar-refractivity contribution >= 4 is 34.5 Å². The van der Waals surface area contributed by atoms with E-state index in [2.05, 4.69) is 15.3 Å². The first-order valence-electron chi connectivity index (χ1n) is 6.31. The second-order valence-electron chi connectivity index (χ2n) is 4.53. The summed E-state index contributed by atoms with van der Waals surface area (Å²) in [6.07, 6.45) is -0.150. The first-order chi connectivity index (χ1) is 10.1. The Morgan fingerprint density at radius 3 is 2.81 bits per heavy atom. The summed E-state index contributed by atoms with van der Waals surface area (Å²) in [6, 6.07) is 11.7. The van der Waals surface area contributed by atoms with E-state index in [1.807, 2.05) is 24.3 Å². The number of nitrogens with one attached hydrogen (secondary N) is 2. The van der Waals surface area contributed by atoms with Crippen molar-refractivity contribution in [2.45, 2.75) is 6.42 Å². The minimum atomic E-state index is -0.498. The Morgan fingerprint density at radius 1 is 1.24 bits per heavy atom. The lowest BCUT2D eigenvalue weighted by molar-refractivity contribution is -0.115. The number of carbonyl (C=O) groups is 1. The van der Waals surface area contributed by atoms with Crippen molar-refractivity contribution in [1.29, 1.82) is 0 Å². The van der Waals surface area contributed by atoms with Gasteiger partial charge in [-0.15, -0.1) is 0 Å². The van der Waals surface area contributed by atoms with Gasteiger partial charge in [-0.1, -0.05) is 29.8 Å². The van der Waals surface area contributed by atoms with Crippen LogP contribution in [0.3, 0.4) is 0 Å². The molecule has 0 spiro atoms. The number of anilines is 1. The van der Waals surface area contributed by atoms with Crippen molar-refractivity contribution in [2.75, 3.05) is 5.32 Å². The van der Waals surface area contributed by atoms with E-state index in [4.69, 9.17) is 11.6 Å². The highest BCUT2D eigenvalue weighted by Crippen LogP contribution is 2.20. The van der Waals surface area contributed by atoms with Gasteiger partial charge in [0.25, 0.3) is 0 Å². The fourth-order valence-corrected chi connectivity index (χ4v) is 2.28. The van der Waals surface area contributed by atoms with Gasteiger partial charge in [0, 0.05) is 10.6 Å². The summed E-state index contributed by atoms with van der Waals surface area (Å²) in [6.45, 7) is 0. The Balaban J connectivity index is 1.77. The minimum Gasteiger partial charge on any atom is -0.324 e. The second kappa shape index (κ2) is 5.54. The smallest absolute Gasteiger partial charge is 0.231 e. The number of rotatable bonds is 3. The average molecular weight is 304 g/mol. The van der Waals surface area contributed by atoms with Crippen molar-refractivity contribution < 1.29 is 9.18 Å². The summed E-state index contributed by atoms with van der Waals surface area (Å²) in [5.41, 5.74) is 1.74. The van der Waals surface area contributed by atoms with Gasteiger partial charge in [0.1, 0.15) is 5.82 Å². The van der Waals surface area contributed by atoms with Crippen LogP contribution in [0.4, 0.5) is 10.3 Å². The molecule has 21 heavy (non-hydrogen) atoms. The molecule has 106 valence electrons. The summed E-state index contributed by atoms with van der Waals surface area (Å²) in [7, 11) is 0. The van der Waals surface area contributed by atoms with Crippen LogP contribution in [0.5, 0.6) is 0 Å². The first kappa shape index (κ1) is 13.6. The molecule has 0 unspecified atom stereocenters. The number of para-hydroxylation sites is 2. The molecule has 4 nitrogen and oxygen atoms in total. The molecule has 0 atom stereocenters. The molecule has 0 aliphatic carbocycles. The Hall–Kier alpha value is -2.40. The third-order valence-corrected chi connectivity index (χ3v) is 3.40. The number of benzene rings is 2. The van der Waals surface area contributed by atoms with Crippen LogP contribution < -0.4 is 5.32 Å². The zero-order chi connectivity index (χ0) is 14.8. The van der Waals surface area contributed by atoms with Crippen molar-refractivity contribution in [3.8, 4) is 0 Å². The number of aromatic nitrogens is 2. The van der Waals surface area contributed by atoms with E-state index in [0.717, 1.165) is 11.0 Å². The summed E-state index contributed by atoms with van der Waals surface area (Å²) < 4.78 is 13.6. The van der Waals surface area contributed by atoms with E-state index < -0.39 is 5.82 Å². The molecule has 0 aliphatic heterocycles. The number of hydrogen-bond donors (Lipinski definition) is 2. The number of fused-ring (bicyclic) bond motifs is 1. The Bertz CT molecular complexity index is 762. The van der Waals surface area contributed by atoms with Gasteiger partial charge >= 0.3 is 0 Å². The molecule has 2 N–H and O–H groups in total. The van der Waals surface area contributed by atoms with Crippen LogP contribution in [0.25, 0.3) is 11.0 Å². The highest BCUT2D eigenvalue weighted by molar-refractivity contribution is 6.31. The highest BCUT2D eigenvalue weighted by atomic mass is 35.5. The Morgan fingerprint density at radius 2 is 2.05 bits per heavy atom. The van der Waals surface area contributed by atoms with Crippen LogP contribution >= 0.6 is 11.6 Å². The number of hydrogen-bond acceptors (Lipinski definition) is 2. The molecule has 3 rings (SSSR count). The molecule has 0 aliphatic rings. The van der Waals surface area contributed by atoms with Crippen LogP contribution in [0.15, 0.2) is 42.5 Å². The summed E-state index contributed by atoms with van der Waals surface area (Å²) in [4.78, 5) is 19.2. The fraction of sp³-hybridized carbons (Fsp3) is 0.0667. The van der Waals surface area contributed by atoms with Crippen molar-refractivity contribution in [2.24, 2.45) is 0 Å². The van der Waals surface area contributed by atoms with Crippen LogP contribution in [0.1, 0.15) is 5.56 Å². The maximum absolute atomic E-state index is 13.6. The quantitative estimate of drug-likeness (QED) is 0.777. The first-order valence-corrected chi connectivity index (χ1v) is 6.69. The predicted octanol–water partition coefficient (Wildman–Crippen LogP) is 3.54.